The lowest BCUT2D eigenvalue weighted by Gasteiger charge is -2.24. The van der Waals surface area contributed by atoms with Gasteiger partial charge in [-0.2, -0.15) is 0 Å². The van der Waals surface area contributed by atoms with Crippen molar-refractivity contribution in [3.8, 4) is 5.75 Å². The van der Waals surface area contributed by atoms with Crippen LogP contribution in [0.4, 0.5) is 0 Å². The molecule has 1 aliphatic rings. The summed E-state index contributed by atoms with van der Waals surface area (Å²) in [7, 11) is 0. The molecule has 2 N–H and O–H groups in total. The van der Waals surface area contributed by atoms with Gasteiger partial charge in [0.15, 0.2) is 0 Å². The number of carbonyl (C=O) groups is 1. The third-order valence-electron chi connectivity index (χ3n) is 5.68. The van der Waals surface area contributed by atoms with Gasteiger partial charge in [-0.25, -0.2) is 0 Å². The van der Waals surface area contributed by atoms with E-state index in [4.69, 9.17) is 4.74 Å². The van der Waals surface area contributed by atoms with Crippen molar-refractivity contribution in [2.24, 2.45) is 0 Å². The predicted molar refractivity (Wildman–Crippen MR) is 118 cm³/mol. The van der Waals surface area contributed by atoms with Crippen LogP contribution in [-0.4, -0.2) is 25.1 Å². The number of rotatable bonds is 5. The molecule has 1 saturated heterocycles. The molecule has 29 heavy (non-hydrogen) atoms. The minimum absolute atomic E-state index is 0.0707. The van der Waals surface area contributed by atoms with Crippen molar-refractivity contribution in [1.82, 2.24) is 10.6 Å². The van der Waals surface area contributed by atoms with Crippen molar-refractivity contribution >= 4 is 16.7 Å². The smallest absolute Gasteiger partial charge is 0.252 e. The first-order chi connectivity index (χ1) is 14.1. The number of nitrogens with one attached hydrogen (secondary N) is 2. The highest BCUT2D eigenvalue weighted by atomic mass is 16.5. The molecule has 0 saturated carbocycles. The number of amides is 1. The van der Waals surface area contributed by atoms with E-state index in [9.17, 15) is 4.79 Å². The topological polar surface area (TPSA) is 50.4 Å². The molecule has 1 atom stereocenters. The molecular weight excluding hydrogens is 360 g/mol. The van der Waals surface area contributed by atoms with Gasteiger partial charge >= 0.3 is 0 Å². The van der Waals surface area contributed by atoms with Gasteiger partial charge in [-0.15, -0.1) is 0 Å². The van der Waals surface area contributed by atoms with Crippen LogP contribution in [0.25, 0.3) is 10.8 Å². The quantitative estimate of drug-likeness (QED) is 0.662. The maximum Gasteiger partial charge on any atom is 0.252 e. The number of ether oxygens (including phenoxy) is 1. The van der Waals surface area contributed by atoms with E-state index in [1.807, 2.05) is 50.2 Å². The first kappa shape index (κ1) is 19.5. The highest BCUT2D eigenvalue weighted by molar-refractivity contribution is 5.96. The standard InChI is InChI=1S/C25H28N2O2/c1-17-10-11-21(29-20-12-14-26-15-13-20)16-24(17)25(28)27-18(2)22-9-5-7-19-6-3-4-8-23(19)22/h3-11,16,18,20,26H,12-15H2,1-2H3,(H,27,28). The molecule has 3 aromatic carbocycles. The van der Waals surface area contributed by atoms with Crippen molar-refractivity contribution in [3.05, 3.63) is 77.4 Å². The van der Waals surface area contributed by atoms with Gasteiger partial charge < -0.3 is 15.4 Å². The Kier molecular flexibility index (Phi) is 5.81. The fourth-order valence-electron chi connectivity index (χ4n) is 4.00. The Morgan fingerprint density at radius 3 is 2.66 bits per heavy atom. The lowest BCUT2D eigenvalue weighted by atomic mass is 9.99. The highest BCUT2D eigenvalue weighted by Gasteiger charge is 2.18. The van der Waals surface area contributed by atoms with Gasteiger partial charge in [-0.1, -0.05) is 48.5 Å². The van der Waals surface area contributed by atoms with E-state index in [1.54, 1.807) is 0 Å². The second-order valence-electron chi connectivity index (χ2n) is 7.81. The second-order valence-corrected chi connectivity index (χ2v) is 7.81. The van der Waals surface area contributed by atoms with Gasteiger partial charge in [0, 0.05) is 5.56 Å². The first-order valence-corrected chi connectivity index (χ1v) is 10.4. The number of carbonyl (C=O) groups excluding carboxylic acids is 1. The van der Waals surface area contributed by atoms with Gasteiger partial charge in [0.25, 0.3) is 5.91 Å². The summed E-state index contributed by atoms with van der Waals surface area (Å²) >= 11 is 0. The Bertz CT molecular complexity index is 1000. The number of fused-ring (bicyclic) bond motifs is 1. The van der Waals surface area contributed by atoms with Crippen LogP contribution in [-0.2, 0) is 0 Å². The van der Waals surface area contributed by atoms with Crippen molar-refractivity contribution in [2.45, 2.75) is 38.8 Å². The molecule has 1 fully saturated rings. The molecule has 4 rings (SSSR count). The summed E-state index contributed by atoms with van der Waals surface area (Å²) in [6, 6.07) is 20.2. The maximum atomic E-state index is 13.1. The molecule has 1 amide bonds. The fraction of sp³-hybridized carbons (Fsp3) is 0.320. The normalized spacial score (nSPS) is 15.8. The lowest BCUT2D eigenvalue weighted by molar-refractivity contribution is 0.0938. The van der Waals surface area contributed by atoms with E-state index in [1.165, 1.54) is 10.8 Å². The van der Waals surface area contributed by atoms with Gasteiger partial charge in [-0.05, 0) is 73.8 Å². The molecule has 150 valence electrons. The van der Waals surface area contributed by atoms with E-state index in [2.05, 4.69) is 34.9 Å². The molecule has 0 radical (unpaired) electrons. The Morgan fingerprint density at radius 1 is 1.07 bits per heavy atom. The molecule has 0 spiro atoms. The zero-order valence-corrected chi connectivity index (χ0v) is 17.1. The molecular formula is C25H28N2O2. The van der Waals surface area contributed by atoms with E-state index in [0.29, 0.717) is 5.56 Å². The Hall–Kier alpha value is -2.85. The molecule has 3 aromatic rings. The van der Waals surface area contributed by atoms with Gasteiger partial charge in [0.05, 0.1) is 6.04 Å². The summed E-state index contributed by atoms with van der Waals surface area (Å²) in [6.07, 6.45) is 2.20. The second kappa shape index (κ2) is 8.66. The maximum absolute atomic E-state index is 13.1. The molecule has 0 bridgehead atoms. The summed E-state index contributed by atoms with van der Waals surface area (Å²) < 4.78 is 6.13. The van der Waals surface area contributed by atoms with Crippen LogP contribution in [0.2, 0.25) is 0 Å². The average molecular weight is 389 g/mol. The van der Waals surface area contributed by atoms with Crippen LogP contribution < -0.4 is 15.4 Å². The van der Waals surface area contributed by atoms with Crippen molar-refractivity contribution < 1.29 is 9.53 Å². The number of aryl methyl sites for hydroxylation is 1. The summed E-state index contributed by atoms with van der Waals surface area (Å²) in [4.78, 5) is 13.1. The fourth-order valence-corrected chi connectivity index (χ4v) is 4.00. The van der Waals surface area contributed by atoms with E-state index in [0.717, 1.165) is 42.8 Å². The Labute approximate surface area is 172 Å². The van der Waals surface area contributed by atoms with Crippen LogP contribution in [0, 0.1) is 6.92 Å². The molecule has 1 aliphatic heterocycles. The predicted octanol–water partition coefficient (Wildman–Crippen LogP) is 4.77. The summed E-state index contributed by atoms with van der Waals surface area (Å²) in [5.41, 5.74) is 2.74. The molecule has 1 heterocycles. The van der Waals surface area contributed by atoms with Crippen molar-refractivity contribution in [3.63, 3.8) is 0 Å². The third kappa shape index (κ3) is 4.43. The molecule has 1 unspecified atom stereocenters. The van der Waals surface area contributed by atoms with Crippen molar-refractivity contribution in [2.75, 3.05) is 13.1 Å². The van der Waals surface area contributed by atoms with Crippen LogP contribution in [0.1, 0.15) is 47.3 Å². The molecule has 4 nitrogen and oxygen atoms in total. The zero-order chi connectivity index (χ0) is 20.2. The van der Waals surface area contributed by atoms with E-state index >= 15 is 0 Å². The monoisotopic (exact) mass is 388 g/mol. The van der Waals surface area contributed by atoms with Gasteiger partial charge in [0.1, 0.15) is 11.9 Å². The van der Waals surface area contributed by atoms with Crippen molar-refractivity contribution in [1.29, 1.82) is 0 Å². The zero-order valence-electron chi connectivity index (χ0n) is 17.1. The number of benzene rings is 3. The SMILES string of the molecule is Cc1ccc(OC2CCNCC2)cc1C(=O)NC(C)c1cccc2ccccc12. The first-order valence-electron chi connectivity index (χ1n) is 10.4. The van der Waals surface area contributed by atoms with Crippen LogP contribution in [0.15, 0.2) is 60.7 Å². The third-order valence-corrected chi connectivity index (χ3v) is 5.68. The van der Waals surface area contributed by atoms with Crippen LogP contribution in [0.3, 0.4) is 0 Å². The Balaban J connectivity index is 1.52. The van der Waals surface area contributed by atoms with Crippen LogP contribution in [0.5, 0.6) is 5.75 Å². The van der Waals surface area contributed by atoms with E-state index < -0.39 is 0 Å². The Morgan fingerprint density at radius 2 is 1.83 bits per heavy atom. The van der Waals surface area contributed by atoms with Crippen LogP contribution >= 0.6 is 0 Å². The number of hydrogen-bond donors (Lipinski definition) is 2. The minimum atomic E-state index is -0.0954. The summed E-state index contributed by atoms with van der Waals surface area (Å²) in [5.74, 6) is 0.698. The average Bonchev–Trinajstić information content (AvgIpc) is 2.75. The molecule has 0 aromatic heterocycles. The summed E-state index contributed by atoms with van der Waals surface area (Å²) in [5, 5.41) is 8.87. The summed E-state index contributed by atoms with van der Waals surface area (Å²) in [6.45, 7) is 5.95. The highest BCUT2D eigenvalue weighted by Crippen LogP contribution is 2.25. The largest absolute Gasteiger partial charge is 0.490 e. The molecule has 4 heteroatoms. The number of piperidine rings is 1. The lowest BCUT2D eigenvalue weighted by Crippen LogP contribution is -2.34. The van der Waals surface area contributed by atoms with Gasteiger partial charge in [-0.3, -0.25) is 4.79 Å². The van der Waals surface area contributed by atoms with Gasteiger partial charge in [0.2, 0.25) is 0 Å². The van der Waals surface area contributed by atoms with E-state index in [-0.39, 0.29) is 18.1 Å². The number of hydrogen-bond acceptors (Lipinski definition) is 3. The molecule has 0 aliphatic carbocycles. The minimum Gasteiger partial charge on any atom is -0.490 e.